The van der Waals surface area contributed by atoms with Crippen LogP contribution in [-0.4, -0.2) is 33.6 Å². The highest BCUT2D eigenvalue weighted by molar-refractivity contribution is 8.77. The highest BCUT2D eigenvalue weighted by Gasteiger charge is 2.51. The summed E-state index contributed by atoms with van der Waals surface area (Å²) in [5.74, 6) is 0.843. The molecule has 2 atom stereocenters. The van der Waals surface area contributed by atoms with Crippen molar-refractivity contribution in [1.82, 2.24) is 0 Å². The minimum Gasteiger partial charge on any atom is -0.332 e. The quantitative estimate of drug-likeness (QED) is 0.106. The molecule has 1 amide bonds. The van der Waals surface area contributed by atoms with Gasteiger partial charge in [-0.3, -0.25) is 14.4 Å². The fourth-order valence-corrected chi connectivity index (χ4v) is 11.7. The second-order valence-electron chi connectivity index (χ2n) is 16.3. The molecule has 2 aliphatic carbocycles. The first-order valence-electron chi connectivity index (χ1n) is 19.1. The number of para-hydroxylation sites is 3. The van der Waals surface area contributed by atoms with Crippen LogP contribution < -0.4 is 20.9 Å². The van der Waals surface area contributed by atoms with Crippen LogP contribution in [0.3, 0.4) is 0 Å². The maximum atomic E-state index is 14.5. The topological polar surface area (TPSA) is 90.5 Å². The molecule has 10 heteroatoms. The number of nitrogens with zero attached hydrogens (tertiary/aromatic N) is 1. The van der Waals surface area contributed by atoms with Crippen LogP contribution in [0.15, 0.2) is 101 Å². The number of rotatable bonds is 10. The van der Waals surface area contributed by atoms with Crippen LogP contribution in [0.25, 0.3) is 0 Å². The Labute approximate surface area is 333 Å². The van der Waals surface area contributed by atoms with E-state index >= 15 is 0 Å². The van der Waals surface area contributed by atoms with Crippen molar-refractivity contribution in [3.05, 3.63) is 107 Å². The van der Waals surface area contributed by atoms with E-state index in [-0.39, 0.29) is 28.3 Å². The summed E-state index contributed by atoms with van der Waals surface area (Å²) in [7, 11) is 3.94. The second-order valence-corrected chi connectivity index (χ2v) is 19.5. The number of hydrogen-bond acceptors (Lipinski definition) is 7. The van der Waals surface area contributed by atoms with E-state index in [0.717, 1.165) is 53.3 Å². The van der Waals surface area contributed by atoms with Crippen LogP contribution in [0.2, 0.25) is 0 Å². The molecular weight excluding hydrogens is 729 g/mol. The number of unbranched alkanes of at least 4 members (excludes halogenated alkanes) is 1. The van der Waals surface area contributed by atoms with Gasteiger partial charge in [0.15, 0.2) is 16.7 Å². The zero-order valence-electron chi connectivity index (χ0n) is 31.6. The van der Waals surface area contributed by atoms with Crippen molar-refractivity contribution in [2.75, 3.05) is 26.6 Å². The highest BCUT2D eigenvalue weighted by atomic mass is 33.1. The number of thiocarbonyl (C=S) groups is 1. The van der Waals surface area contributed by atoms with Crippen molar-refractivity contribution >= 4 is 79.1 Å². The number of anilines is 4. The number of Topliss-reactive ketones (excluding diaryl/α,β-unsaturated/α-hetero) is 2. The van der Waals surface area contributed by atoms with Crippen LogP contribution in [-0.2, 0) is 14.4 Å². The Bertz CT molecular complexity index is 2000. The molecule has 1 saturated heterocycles. The summed E-state index contributed by atoms with van der Waals surface area (Å²) in [5, 5.41) is 10.9. The first kappa shape index (κ1) is 38.4. The van der Waals surface area contributed by atoms with E-state index in [4.69, 9.17) is 12.2 Å². The molecule has 1 fully saturated rings. The molecule has 2 aliphatic heterocycles. The van der Waals surface area contributed by atoms with Gasteiger partial charge in [-0.05, 0) is 91.7 Å². The normalized spacial score (nSPS) is 21.7. The molecule has 0 radical (unpaired) electrons. The summed E-state index contributed by atoms with van der Waals surface area (Å²) in [4.78, 5) is 44.5. The Morgan fingerprint density at radius 2 is 1.54 bits per heavy atom. The predicted molar refractivity (Wildman–Crippen MR) is 230 cm³/mol. The standard InChI is InChI=1S/C44H50N4O3S3/c1-43(2)26-34-39(36(50)27-43)38(28-18-20-30(21-19-28)46-42(52)45-29-12-6-5-7-13-29)40-35(49)22-24-44(3,4)41(40)48(34)33-16-10-9-15-32(33)47-37(51)17-11-8-14-31-23-25-53-54-31/h5-7,9-10,12-13,15-16,18-21,31,38H,8,11,14,17,22-27H2,1-4H3,(H,47,51)(H2,45,46,52). The number of hydrogen-bond donors (Lipinski definition) is 3. The predicted octanol–water partition coefficient (Wildman–Crippen LogP) is 11.0. The van der Waals surface area contributed by atoms with Crippen molar-refractivity contribution in [1.29, 1.82) is 0 Å². The van der Waals surface area contributed by atoms with Crippen molar-refractivity contribution in [3.63, 3.8) is 0 Å². The highest BCUT2D eigenvalue weighted by Crippen LogP contribution is 2.57. The lowest BCUT2D eigenvalue weighted by atomic mass is 9.62. The van der Waals surface area contributed by atoms with Gasteiger partial charge in [-0.25, -0.2) is 0 Å². The van der Waals surface area contributed by atoms with E-state index in [1.54, 1.807) is 0 Å². The average molecular weight is 779 g/mol. The molecule has 0 spiro atoms. The average Bonchev–Trinajstić information content (AvgIpc) is 3.65. The van der Waals surface area contributed by atoms with Crippen LogP contribution >= 0.6 is 33.8 Å². The molecule has 3 N–H and O–H groups in total. The summed E-state index contributed by atoms with van der Waals surface area (Å²) < 4.78 is 0. The summed E-state index contributed by atoms with van der Waals surface area (Å²) in [6, 6.07) is 25.6. The molecule has 54 heavy (non-hydrogen) atoms. The van der Waals surface area contributed by atoms with Gasteiger partial charge in [-0.2, -0.15) is 0 Å². The lowest BCUT2D eigenvalue weighted by Crippen LogP contribution is -2.46. The zero-order chi connectivity index (χ0) is 38.0. The minimum absolute atomic E-state index is 0.0135. The summed E-state index contributed by atoms with van der Waals surface area (Å²) in [6.45, 7) is 8.70. The van der Waals surface area contributed by atoms with Gasteiger partial charge in [-0.1, -0.05) is 98.2 Å². The van der Waals surface area contributed by atoms with E-state index in [9.17, 15) is 14.4 Å². The number of benzene rings is 3. The fourth-order valence-electron chi connectivity index (χ4n) is 8.39. The lowest BCUT2D eigenvalue weighted by Gasteiger charge is -2.51. The Hall–Kier alpha value is -3.86. The van der Waals surface area contributed by atoms with Crippen LogP contribution in [0.5, 0.6) is 0 Å². The number of carbonyl (C=O) groups is 3. The second kappa shape index (κ2) is 16.1. The molecule has 3 aromatic carbocycles. The van der Waals surface area contributed by atoms with Gasteiger partial charge in [-0.15, -0.1) is 0 Å². The molecule has 2 unspecified atom stereocenters. The first-order chi connectivity index (χ1) is 25.9. The SMILES string of the molecule is CC1(C)CC(=O)C2=C(C1)N(c1ccccc1NC(=O)CCCCC1CCSS1)C1=C(C(=O)CCC1(C)C)C2c1ccc(NC(=S)Nc2ccccc2)cc1. The number of allylic oxidation sites excluding steroid dienone is 4. The van der Waals surface area contributed by atoms with Gasteiger partial charge in [0.25, 0.3) is 0 Å². The molecular formula is C44H50N4O3S3. The first-order valence-corrected chi connectivity index (χ1v) is 21.9. The van der Waals surface area contributed by atoms with Gasteiger partial charge in [0, 0.05) is 75.5 Å². The van der Waals surface area contributed by atoms with Crippen molar-refractivity contribution in [2.45, 2.75) is 96.7 Å². The van der Waals surface area contributed by atoms with E-state index < -0.39 is 5.92 Å². The molecule has 7 nitrogen and oxygen atoms in total. The number of ketones is 2. The third-order valence-corrected chi connectivity index (χ3v) is 14.2. The van der Waals surface area contributed by atoms with Crippen LogP contribution in [0, 0.1) is 10.8 Å². The van der Waals surface area contributed by atoms with Gasteiger partial charge >= 0.3 is 0 Å². The van der Waals surface area contributed by atoms with Gasteiger partial charge in [0.05, 0.1) is 11.4 Å². The Morgan fingerprint density at radius 1 is 0.833 bits per heavy atom. The van der Waals surface area contributed by atoms with Crippen molar-refractivity contribution in [3.8, 4) is 0 Å². The maximum Gasteiger partial charge on any atom is 0.224 e. The molecule has 2 heterocycles. The molecule has 4 aliphatic rings. The number of carbonyl (C=O) groups excluding carboxylic acids is 3. The van der Waals surface area contributed by atoms with Crippen molar-refractivity contribution < 1.29 is 14.4 Å². The Balaban J connectivity index is 1.24. The maximum absolute atomic E-state index is 14.5. The molecule has 282 valence electrons. The number of nitrogens with one attached hydrogen (secondary N) is 3. The van der Waals surface area contributed by atoms with E-state index in [0.29, 0.717) is 59.3 Å². The monoisotopic (exact) mass is 778 g/mol. The van der Waals surface area contributed by atoms with Crippen LogP contribution in [0.4, 0.5) is 22.7 Å². The summed E-state index contributed by atoms with van der Waals surface area (Å²) in [6.07, 6.45) is 6.89. The lowest BCUT2D eigenvalue weighted by molar-refractivity contribution is -0.119. The smallest absolute Gasteiger partial charge is 0.224 e. The van der Waals surface area contributed by atoms with Crippen molar-refractivity contribution in [2.24, 2.45) is 10.8 Å². The molecule has 3 aromatic rings. The van der Waals surface area contributed by atoms with Gasteiger partial charge in [0.2, 0.25) is 5.91 Å². The third kappa shape index (κ3) is 8.36. The zero-order valence-corrected chi connectivity index (χ0v) is 34.1. The molecule has 7 rings (SSSR count). The van der Waals surface area contributed by atoms with E-state index in [1.807, 2.05) is 100 Å². The Kier molecular flexibility index (Phi) is 11.4. The number of amides is 1. The minimum atomic E-state index is -0.497. The third-order valence-electron chi connectivity index (χ3n) is 11.0. The van der Waals surface area contributed by atoms with Gasteiger partial charge < -0.3 is 20.9 Å². The fraction of sp³-hybridized carbons (Fsp3) is 0.409. The van der Waals surface area contributed by atoms with Crippen LogP contribution in [0.1, 0.15) is 97.0 Å². The van der Waals surface area contributed by atoms with E-state index in [2.05, 4.69) is 48.5 Å². The Morgan fingerprint density at radius 3 is 2.26 bits per heavy atom. The van der Waals surface area contributed by atoms with Gasteiger partial charge in [0.1, 0.15) is 0 Å². The molecule has 0 saturated carbocycles. The molecule has 0 bridgehead atoms. The summed E-state index contributed by atoms with van der Waals surface area (Å²) >= 11 is 5.59. The molecule has 0 aromatic heterocycles. The largest absolute Gasteiger partial charge is 0.332 e. The summed E-state index contributed by atoms with van der Waals surface area (Å²) in [5.41, 5.74) is 6.65. The van der Waals surface area contributed by atoms with E-state index in [1.165, 1.54) is 12.2 Å².